The summed E-state index contributed by atoms with van der Waals surface area (Å²) in [5, 5.41) is 3.33. The number of carbonyl (C=O) groups excluding carboxylic acids is 1. The van der Waals surface area contributed by atoms with Crippen LogP contribution < -0.4 is 5.32 Å². The molecule has 0 aromatic rings. The Morgan fingerprint density at radius 1 is 1.47 bits per heavy atom. The van der Waals surface area contributed by atoms with Crippen molar-refractivity contribution in [2.45, 2.75) is 31.7 Å². The molecular formula is C11H22N2O2. The third-order valence-electron chi connectivity index (χ3n) is 3.33. The van der Waals surface area contributed by atoms with Crippen molar-refractivity contribution in [1.82, 2.24) is 10.2 Å². The third-order valence-corrected chi connectivity index (χ3v) is 3.33. The van der Waals surface area contributed by atoms with Gasteiger partial charge in [-0.05, 0) is 19.9 Å². The van der Waals surface area contributed by atoms with E-state index >= 15 is 0 Å². The lowest BCUT2D eigenvalue weighted by Gasteiger charge is -2.41. The minimum absolute atomic E-state index is 0.0687. The Morgan fingerprint density at radius 3 is 2.47 bits per heavy atom. The van der Waals surface area contributed by atoms with E-state index in [0.717, 1.165) is 32.5 Å². The first-order chi connectivity index (χ1) is 7.17. The summed E-state index contributed by atoms with van der Waals surface area (Å²) in [7, 11) is 3.69. The summed E-state index contributed by atoms with van der Waals surface area (Å²) in [5.74, 6) is 0.261. The molecule has 0 aromatic heterocycles. The highest BCUT2D eigenvalue weighted by Gasteiger charge is 2.34. The SMILES string of the molecule is CCC(=O)N1CCC(COC)(NC)CC1. The highest BCUT2D eigenvalue weighted by molar-refractivity contribution is 5.75. The van der Waals surface area contributed by atoms with E-state index in [1.165, 1.54) is 0 Å². The molecule has 1 fully saturated rings. The van der Waals surface area contributed by atoms with Gasteiger partial charge in [-0.2, -0.15) is 0 Å². The summed E-state index contributed by atoms with van der Waals surface area (Å²) in [4.78, 5) is 13.4. The number of likely N-dealkylation sites (N-methyl/N-ethyl adjacent to an activating group) is 1. The average molecular weight is 214 g/mol. The molecule has 1 amide bonds. The minimum atomic E-state index is 0.0687. The van der Waals surface area contributed by atoms with Crippen LogP contribution >= 0.6 is 0 Å². The number of carbonyl (C=O) groups is 1. The summed E-state index contributed by atoms with van der Waals surface area (Å²) < 4.78 is 5.23. The largest absolute Gasteiger partial charge is 0.383 e. The van der Waals surface area contributed by atoms with Crippen LogP contribution in [0.4, 0.5) is 0 Å². The van der Waals surface area contributed by atoms with Crippen molar-refractivity contribution in [2.75, 3.05) is 33.9 Å². The molecule has 0 atom stereocenters. The van der Waals surface area contributed by atoms with E-state index in [9.17, 15) is 4.79 Å². The maximum Gasteiger partial charge on any atom is 0.222 e. The van der Waals surface area contributed by atoms with Crippen molar-refractivity contribution in [3.05, 3.63) is 0 Å². The van der Waals surface area contributed by atoms with Gasteiger partial charge in [-0.15, -0.1) is 0 Å². The fourth-order valence-corrected chi connectivity index (χ4v) is 2.15. The Bertz CT molecular complexity index is 211. The summed E-state index contributed by atoms with van der Waals surface area (Å²) in [6.45, 7) is 4.32. The van der Waals surface area contributed by atoms with Crippen molar-refractivity contribution in [3.8, 4) is 0 Å². The summed E-state index contributed by atoms with van der Waals surface area (Å²) in [5.41, 5.74) is 0.0687. The van der Waals surface area contributed by atoms with Crippen molar-refractivity contribution >= 4 is 5.91 Å². The molecule has 1 heterocycles. The van der Waals surface area contributed by atoms with Gasteiger partial charge >= 0.3 is 0 Å². The van der Waals surface area contributed by atoms with Crippen LogP contribution in [0.1, 0.15) is 26.2 Å². The molecule has 0 aliphatic carbocycles. The Kier molecular flexibility index (Phi) is 4.54. The standard InChI is InChI=1S/C11H22N2O2/c1-4-10(14)13-7-5-11(12-2,6-8-13)9-15-3/h12H,4-9H2,1-3H3. The minimum Gasteiger partial charge on any atom is -0.383 e. The van der Waals surface area contributed by atoms with Crippen LogP contribution in [0.3, 0.4) is 0 Å². The molecule has 1 aliphatic rings. The molecule has 1 saturated heterocycles. The van der Waals surface area contributed by atoms with Crippen LogP contribution in [0, 0.1) is 0 Å². The molecule has 1 rings (SSSR count). The molecule has 4 heteroatoms. The summed E-state index contributed by atoms with van der Waals surface area (Å²) >= 11 is 0. The summed E-state index contributed by atoms with van der Waals surface area (Å²) in [6.07, 6.45) is 2.56. The topological polar surface area (TPSA) is 41.6 Å². The second-order valence-corrected chi connectivity index (χ2v) is 4.20. The predicted octanol–water partition coefficient (Wildman–Crippen LogP) is 0.623. The molecule has 1 aliphatic heterocycles. The van der Waals surface area contributed by atoms with Crippen LogP contribution in [-0.2, 0) is 9.53 Å². The molecule has 0 aromatic carbocycles. The Hall–Kier alpha value is -0.610. The van der Waals surface area contributed by atoms with Crippen LogP contribution in [0.5, 0.6) is 0 Å². The fourth-order valence-electron chi connectivity index (χ4n) is 2.15. The predicted molar refractivity (Wildman–Crippen MR) is 59.8 cm³/mol. The first-order valence-corrected chi connectivity index (χ1v) is 5.63. The fraction of sp³-hybridized carbons (Fsp3) is 0.909. The zero-order valence-corrected chi connectivity index (χ0v) is 10.0. The molecule has 4 nitrogen and oxygen atoms in total. The normalized spacial score (nSPS) is 20.3. The highest BCUT2D eigenvalue weighted by Crippen LogP contribution is 2.22. The Balaban J connectivity index is 2.49. The number of methoxy groups -OCH3 is 1. The molecule has 0 radical (unpaired) electrons. The van der Waals surface area contributed by atoms with Crippen LogP contribution in [0.25, 0.3) is 0 Å². The quantitative estimate of drug-likeness (QED) is 0.746. The zero-order chi connectivity index (χ0) is 11.3. The maximum absolute atomic E-state index is 11.5. The van der Waals surface area contributed by atoms with Gasteiger partial charge in [0.15, 0.2) is 0 Å². The molecule has 0 saturated carbocycles. The zero-order valence-electron chi connectivity index (χ0n) is 10.0. The molecule has 1 N–H and O–H groups in total. The van der Waals surface area contributed by atoms with E-state index < -0.39 is 0 Å². The van der Waals surface area contributed by atoms with E-state index in [1.807, 2.05) is 18.9 Å². The van der Waals surface area contributed by atoms with Gasteiger partial charge < -0.3 is 15.0 Å². The highest BCUT2D eigenvalue weighted by atomic mass is 16.5. The van der Waals surface area contributed by atoms with Gasteiger partial charge in [0, 0.05) is 32.2 Å². The second kappa shape index (κ2) is 5.47. The van der Waals surface area contributed by atoms with Crippen molar-refractivity contribution < 1.29 is 9.53 Å². The second-order valence-electron chi connectivity index (χ2n) is 4.20. The third kappa shape index (κ3) is 2.92. The number of ether oxygens (including phenoxy) is 1. The van der Waals surface area contributed by atoms with Gasteiger partial charge in [0.05, 0.1) is 6.61 Å². The van der Waals surface area contributed by atoms with E-state index in [1.54, 1.807) is 7.11 Å². The van der Waals surface area contributed by atoms with E-state index in [0.29, 0.717) is 6.42 Å². The Morgan fingerprint density at radius 2 is 2.07 bits per heavy atom. The number of rotatable bonds is 4. The Labute approximate surface area is 92.0 Å². The lowest BCUT2D eigenvalue weighted by molar-refractivity contribution is -0.132. The number of nitrogens with zero attached hydrogens (tertiary/aromatic N) is 1. The van der Waals surface area contributed by atoms with Crippen LogP contribution in [0.2, 0.25) is 0 Å². The lowest BCUT2D eigenvalue weighted by Crippen LogP contribution is -2.55. The molecular weight excluding hydrogens is 192 g/mol. The van der Waals surface area contributed by atoms with Crippen molar-refractivity contribution in [1.29, 1.82) is 0 Å². The smallest absolute Gasteiger partial charge is 0.222 e. The maximum atomic E-state index is 11.5. The van der Waals surface area contributed by atoms with Gasteiger partial charge in [0.2, 0.25) is 5.91 Å². The van der Waals surface area contributed by atoms with Gasteiger partial charge in [-0.3, -0.25) is 4.79 Å². The number of nitrogens with one attached hydrogen (secondary N) is 1. The van der Waals surface area contributed by atoms with Gasteiger partial charge in [-0.25, -0.2) is 0 Å². The number of amides is 1. The van der Waals surface area contributed by atoms with Gasteiger partial charge in [0.25, 0.3) is 0 Å². The van der Waals surface area contributed by atoms with Crippen molar-refractivity contribution in [3.63, 3.8) is 0 Å². The molecule has 0 unspecified atom stereocenters. The number of likely N-dealkylation sites (tertiary alicyclic amines) is 1. The van der Waals surface area contributed by atoms with E-state index in [2.05, 4.69) is 5.32 Å². The molecule has 88 valence electrons. The lowest BCUT2D eigenvalue weighted by atomic mass is 9.88. The number of piperidine rings is 1. The first kappa shape index (κ1) is 12.5. The van der Waals surface area contributed by atoms with Gasteiger partial charge in [-0.1, -0.05) is 6.92 Å². The van der Waals surface area contributed by atoms with E-state index in [4.69, 9.17) is 4.74 Å². The first-order valence-electron chi connectivity index (χ1n) is 5.63. The van der Waals surface area contributed by atoms with Gasteiger partial charge in [0.1, 0.15) is 0 Å². The average Bonchev–Trinajstić information content (AvgIpc) is 2.29. The monoisotopic (exact) mass is 214 g/mol. The molecule has 0 bridgehead atoms. The molecule has 0 spiro atoms. The van der Waals surface area contributed by atoms with Crippen LogP contribution in [-0.4, -0.2) is 50.2 Å². The van der Waals surface area contributed by atoms with Crippen LogP contribution in [0.15, 0.2) is 0 Å². The van der Waals surface area contributed by atoms with Crippen molar-refractivity contribution in [2.24, 2.45) is 0 Å². The van der Waals surface area contributed by atoms with E-state index in [-0.39, 0.29) is 11.4 Å². The molecule has 15 heavy (non-hydrogen) atoms. The number of hydrogen-bond donors (Lipinski definition) is 1. The number of hydrogen-bond acceptors (Lipinski definition) is 3. The summed E-state index contributed by atoms with van der Waals surface area (Å²) in [6, 6.07) is 0.